The number of carbonyl (C=O) groups is 1. The maximum Gasteiger partial charge on any atom is 0.238 e. The Bertz CT molecular complexity index is 196. The van der Waals surface area contributed by atoms with Gasteiger partial charge in [0.25, 0.3) is 0 Å². The molecule has 0 aromatic rings. The lowest BCUT2D eigenvalue weighted by Gasteiger charge is -2.33. The van der Waals surface area contributed by atoms with Crippen LogP contribution in [-0.2, 0) is 4.79 Å². The van der Waals surface area contributed by atoms with Crippen LogP contribution in [0.3, 0.4) is 0 Å². The normalized spacial score (nSPS) is 17.3. The van der Waals surface area contributed by atoms with E-state index in [9.17, 15) is 4.79 Å². The van der Waals surface area contributed by atoms with Gasteiger partial charge in [-0.15, -0.1) is 0 Å². The third-order valence-electron chi connectivity index (χ3n) is 3.32. The third kappa shape index (κ3) is 4.18. The molecule has 0 aromatic heterocycles. The maximum absolute atomic E-state index is 11.4. The molecule has 0 spiro atoms. The van der Waals surface area contributed by atoms with E-state index in [4.69, 9.17) is 5.84 Å². The van der Waals surface area contributed by atoms with Crippen molar-refractivity contribution in [2.24, 2.45) is 11.8 Å². The topological polar surface area (TPSA) is 58.4 Å². The molecule has 90 valence electrons. The molecule has 0 heterocycles. The van der Waals surface area contributed by atoms with Gasteiger partial charge in [0.05, 0.1) is 5.92 Å². The maximum atomic E-state index is 11.4. The van der Waals surface area contributed by atoms with Gasteiger partial charge in [-0.1, -0.05) is 20.3 Å². The van der Waals surface area contributed by atoms with Crippen LogP contribution >= 0.6 is 0 Å². The molecule has 0 rings (SSSR count). The first-order valence-electron chi connectivity index (χ1n) is 5.68. The van der Waals surface area contributed by atoms with Gasteiger partial charge in [-0.05, 0) is 27.3 Å². The summed E-state index contributed by atoms with van der Waals surface area (Å²) in [4.78, 5) is 13.6. The molecule has 0 fully saturated rings. The van der Waals surface area contributed by atoms with Crippen LogP contribution < -0.4 is 11.3 Å². The number of amides is 1. The first-order valence-corrected chi connectivity index (χ1v) is 5.68. The third-order valence-corrected chi connectivity index (χ3v) is 3.32. The van der Waals surface area contributed by atoms with Crippen LogP contribution in [0.15, 0.2) is 0 Å². The van der Waals surface area contributed by atoms with Gasteiger partial charge in [-0.25, -0.2) is 5.84 Å². The van der Waals surface area contributed by atoms with E-state index in [1.807, 2.05) is 6.92 Å². The summed E-state index contributed by atoms with van der Waals surface area (Å²) in [6.45, 7) is 8.33. The second-order valence-electron chi connectivity index (χ2n) is 4.34. The highest BCUT2D eigenvalue weighted by molar-refractivity contribution is 5.78. The fourth-order valence-electron chi connectivity index (χ4n) is 1.73. The largest absolute Gasteiger partial charge is 0.300 e. The monoisotopic (exact) mass is 215 g/mol. The summed E-state index contributed by atoms with van der Waals surface area (Å²) in [5.74, 6) is 4.94. The summed E-state index contributed by atoms with van der Waals surface area (Å²) in [7, 11) is 2.06. The summed E-state index contributed by atoms with van der Waals surface area (Å²) in [5.41, 5.74) is 2.21. The molecule has 0 aliphatic carbocycles. The molecule has 0 bridgehead atoms. The Balaban J connectivity index is 4.29. The Kier molecular flexibility index (Phi) is 6.52. The average molecular weight is 215 g/mol. The smallest absolute Gasteiger partial charge is 0.238 e. The molecular formula is C11H25N3O. The minimum Gasteiger partial charge on any atom is -0.300 e. The van der Waals surface area contributed by atoms with Crippen molar-refractivity contribution in [2.45, 2.75) is 52.6 Å². The van der Waals surface area contributed by atoms with E-state index in [-0.39, 0.29) is 17.9 Å². The summed E-state index contributed by atoms with van der Waals surface area (Å²) in [6.07, 6.45) is 2.31. The molecule has 3 N–H and O–H groups in total. The molecule has 0 aliphatic heterocycles. The van der Waals surface area contributed by atoms with Gasteiger partial charge in [0.15, 0.2) is 0 Å². The van der Waals surface area contributed by atoms with Gasteiger partial charge in [-0.2, -0.15) is 0 Å². The number of nitrogens with two attached hydrogens (primary N) is 1. The fourth-order valence-corrected chi connectivity index (χ4v) is 1.73. The van der Waals surface area contributed by atoms with Gasteiger partial charge in [0, 0.05) is 12.1 Å². The number of nitrogens with zero attached hydrogens (tertiary/aromatic N) is 1. The summed E-state index contributed by atoms with van der Waals surface area (Å²) in [6, 6.07) is 0.702. The number of hydrogen-bond donors (Lipinski definition) is 2. The van der Waals surface area contributed by atoms with E-state index in [2.05, 4.69) is 38.1 Å². The summed E-state index contributed by atoms with van der Waals surface area (Å²) < 4.78 is 0. The molecule has 0 aromatic carbocycles. The van der Waals surface area contributed by atoms with E-state index in [0.29, 0.717) is 6.04 Å². The highest BCUT2D eigenvalue weighted by Crippen LogP contribution is 2.14. The fraction of sp³-hybridized carbons (Fsp3) is 0.909. The molecule has 0 saturated carbocycles. The number of hydrogen-bond acceptors (Lipinski definition) is 3. The molecule has 0 saturated heterocycles. The zero-order chi connectivity index (χ0) is 12.0. The van der Waals surface area contributed by atoms with Crippen molar-refractivity contribution in [1.29, 1.82) is 0 Å². The standard InChI is InChI=1S/C11H25N3O/c1-6-7-8(2)14(5)10(4)9(3)11(15)13-12/h8-10H,6-7,12H2,1-5H3,(H,13,15). The van der Waals surface area contributed by atoms with E-state index in [0.717, 1.165) is 12.8 Å². The van der Waals surface area contributed by atoms with Crippen LogP contribution in [0.5, 0.6) is 0 Å². The van der Waals surface area contributed by atoms with Gasteiger partial charge in [0.1, 0.15) is 0 Å². The summed E-state index contributed by atoms with van der Waals surface area (Å²) in [5, 5.41) is 0. The lowest BCUT2D eigenvalue weighted by Crippen LogP contribution is -2.47. The SMILES string of the molecule is CCCC(C)N(C)C(C)C(C)C(=O)NN. The molecule has 3 atom stereocenters. The van der Waals surface area contributed by atoms with Crippen molar-refractivity contribution in [2.75, 3.05) is 7.05 Å². The minimum absolute atomic E-state index is 0.0840. The minimum atomic E-state index is -0.0990. The molecule has 4 heteroatoms. The number of carbonyl (C=O) groups excluding carboxylic acids is 1. The number of nitrogens with one attached hydrogen (secondary N) is 1. The molecule has 1 amide bonds. The predicted molar refractivity (Wildman–Crippen MR) is 63.1 cm³/mol. The predicted octanol–water partition coefficient (Wildman–Crippen LogP) is 1.12. The molecule has 15 heavy (non-hydrogen) atoms. The van der Waals surface area contributed by atoms with Crippen molar-refractivity contribution >= 4 is 5.91 Å². The average Bonchev–Trinajstić information content (AvgIpc) is 2.25. The number of hydrazine groups is 1. The highest BCUT2D eigenvalue weighted by Gasteiger charge is 2.25. The van der Waals surface area contributed by atoms with E-state index in [1.165, 1.54) is 0 Å². The molecule has 4 nitrogen and oxygen atoms in total. The Morgan fingerprint density at radius 1 is 1.40 bits per heavy atom. The van der Waals surface area contributed by atoms with Crippen LogP contribution in [-0.4, -0.2) is 29.9 Å². The first-order chi connectivity index (χ1) is 6.95. The van der Waals surface area contributed by atoms with Crippen molar-refractivity contribution in [3.05, 3.63) is 0 Å². The van der Waals surface area contributed by atoms with Crippen molar-refractivity contribution < 1.29 is 4.79 Å². The van der Waals surface area contributed by atoms with Crippen molar-refractivity contribution in [1.82, 2.24) is 10.3 Å². The van der Waals surface area contributed by atoms with Gasteiger partial charge >= 0.3 is 0 Å². The van der Waals surface area contributed by atoms with Crippen LogP contribution in [0.2, 0.25) is 0 Å². The quantitative estimate of drug-likeness (QED) is 0.396. The van der Waals surface area contributed by atoms with Gasteiger partial charge in [0.2, 0.25) is 5.91 Å². The number of rotatable bonds is 6. The Morgan fingerprint density at radius 3 is 2.33 bits per heavy atom. The lowest BCUT2D eigenvalue weighted by molar-refractivity contribution is -0.126. The van der Waals surface area contributed by atoms with Crippen LogP contribution in [0.25, 0.3) is 0 Å². The van der Waals surface area contributed by atoms with Crippen LogP contribution in [0.1, 0.15) is 40.5 Å². The van der Waals surface area contributed by atoms with Crippen LogP contribution in [0.4, 0.5) is 0 Å². The first kappa shape index (κ1) is 14.4. The summed E-state index contributed by atoms with van der Waals surface area (Å²) >= 11 is 0. The molecule has 3 unspecified atom stereocenters. The second-order valence-corrected chi connectivity index (χ2v) is 4.34. The highest BCUT2D eigenvalue weighted by atomic mass is 16.2. The van der Waals surface area contributed by atoms with E-state index < -0.39 is 0 Å². The zero-order valence-corrected chi connectivity index (χ0v) is 10.6. The Hall–Kier alpha value is -0.610. The van der Waals surface area contributed by atoms with E-state index in [1.54, 1.807) is 0 Å². The van der Waals surface area contributed by atoms with Crippen LogP contribution in [0, 0.1) is 5.92 Å². The Morgan fingerprint density at radius 2 is 1.93 bits per heavy atom. The van der Waals surface area contributed by atoms with Gasteiger partial charge < -0.3 is 4.90 Å². The van der Waals surface area contributed by atoms with Crippen molar-refractivity contribution in [3.8, 4) is 0 Å². The second kappa shape index (κ2) is 6.80. The lowest BCUT2D eigenvalue weighted by atomic mass is 9.99. The molecular weight excluding hydrogens is 190 g/mol. The van der Waals surface area contributed by atoms with E-state index >= 15 is 0 Å². The molecule has 0 aliphatic rings. The zero-order valence-electron chi connectivity index (χ0n) is 10.6. The Labute approximate surface area is 93.2 Å². The van der Waals surface area contributed by atoms with Gasteiger partial charge in [-0.3, -0.25) is 10.2 Å². The van der Waals surface area contributed by atoms with Crippen molar-refractivity contribution in [3.63, 3.8) is 0 Å². The molecule has 0 radical (unpaired) electrons.